The molecule has 124 valence electrons. The van der Waals surface area contributed by atoms with Crippen LogP contribution in [0.1, 0.15) is 36.1 Å². The first kappa shape index (κ1) is 16.9. The van der Waals surface area contributed by atoms with Crippen molar-refractivity contribution in [2.75, 3.05) is 0 Å². The van der Waals surface area contributed by atoms with Crippen LogP contribution in [0.5, 0.6) is 0 Å². The van der Waals surface area contributed by atoms with Gasteiger partial charge < -0.3 is 0 Å². The second-order valence-corrected chi connectivity index (χ2v) is 6.30. The molecule has 0 aromatic heterocycles. The van der Waals surface area contributed by atoms with Crippen molar-refractivity contribution in [2.45, 2.75) is 19.4 Å². The number of nitrogens with zero attached hydrogens (tertiary/aromatic N) is 1. The Kier molecular flexibility index (Phi) is 5.58. The predicted molar refractivity (Wildman–Crippen MR) is 107 cm³/mol. The summed E-state index contributed by atoms with van der Waals surface area (Å²) in [7, 11) is 0. The molecule has 0 fully saturated rings. The summed E-state index contributed by atoms with van der Waals surface area (Å²) in [5, 5.41) is 0. The molecule has 0 saturated heterocycles. The number of aliphatic imine (C=N–C) groups is 1. The van der Waals surface area contributed by atoms with Gasteiger partial charge in [-0.15, -0.1) is 6.58 Å². The van der Waals surface area contributed by atoms with Gasteiger partial charge in [0, 0.05) is 11.1 Å². The van der Waals surface area contributed by atoms with Crippen LogP contribution in [0.25, 0.3) is 0 Å². The fourth-order valence-electron chi connectivity index (χ4n) is 2.91. The lowest BCUT2D eigenvalue weighted by Crippen LogP contribution is -2.07. The number of hydrogen-bond donors (Lipinski definition) is 0. The molecule has 3 aromatic rings. The van der Waals surface area contributed by atoms with Crippen molar-refractivity contribution in [1.82, 2.24) is 0 Å². The van der Waals surface area contributed by atoms with Gasteiger partial charge >= 0.3 is 0 Å². The first-order valence-corrected chi connectivity index (χ1v) is 8.62. The van der Waals surface area contributed by atoms with E-state index in [1.165, 1.54) is 5.56 Å². The van der Waals surface area contributed by atoms with Crippen LogP contribution in [0.2, 0.25) is 0 Å². The molecule has 0 saturated carbocycles. The van der Waals surface area contributed by atoms with Gasteiger partial charge in [0.25, 0.3) is 0 Å². The maximum atomic E-state index is 5.18. The molecule has 1 heteroatoms. The van der Waals surface area contributed by atoms with E-state index in [1.807, 2.05) is 18.2 Å². The predicted octanol–water partition coefficient (Wildman–Crippen LogP) is 6.23. The van der Waals surface area contributed by atoms with Crippen LogP contribution >= 0.6 is 0 Å². The van der Waals surface area contributed by atoms with Gasteiger partial charge in [-0.05, 0) is 18.9 Å². The smallest absolute Gasteiger partial charge is 0.0793 e. The maximum absolute atomic E-state index is 5.18. The number of benzene rings is 3. The van der Waals surface area contributed by atoms with Gasteiger partial charge in [0.15, 0.2) is 0 Å². The highest BCUT2D eigenvalue weighted by molar-refractivity contribution is 6.13. The van der Waals surface area contributed by atoms with E-state index in [0.717, 1.165) is 28.8 Å². The minimum Gasteiger partial charge on any atom is -0.276 e. The van der Waals surface area contributed by atoms with Crippen LogP contribution in [-0.2, 0) is 0 Å². The monoisotopic (exact) mass is 325 g/mol. The molecule has 1 atom stereocenters. The molecule has 0 aliphatic heterocycles. The second-order valence-electron chi connectivity index (χ2n) is 6.30. The summed E-state index contributed by atoms with van der Waals surface area (Å²) in [6.07, 6.45) is 0.840. The van der Waals surface area contributed by atoms with Crippen molar-refractivity contribution in [3.8, 4) is 0 Å². The lowest BCUT2D eigenvalue weighted by atomic mass is 9.98. The van der Waals surface area contributed by atoms with E-state index in [4.69, 9.17) is 4.99 Å². The molecule has 0 aliphatic rings. The average molecular weight is 325 g/mol. The largest absolute Gasteiger partial charge is 0.276 e. The molecule has 1 nitrogen and oxygen atoms in total. The zero-order valence-electron chi connectivity index (χ0n) is 14.6. The van der Waals surface area contributed by atoms with Crippen molar-refractivity contribution in [3.05, 3.63) is 120 Å². The number of hydrogen-bond acceptors (Lipinski definition) is 1. The molecule has 0 unspecified atom stereocenters. The van der Waals surface area contributed by atoms with E-state index < -0.39 is 0 Å². The van der Waals surface area contributed by atoms with Gasteiger partial charge in [-0.2, -0.15) is 0 Å². The highest BCUT2D eigenvalue weighted by atomic mass is 14.8. The summed E-state index contributed by atoms with van der Waals surface area (Å²) in [5.74, 6) is 0. The Hall–Kier alpha value is -2.93. The normalized spacial score (nSPS) is 11.6. The van der Waals surface area contributed by atoms with Crippen LogP contribution in [0.3, 0.4) is 0 Å². The number of rotatable bonds is 6. The van der Waals surface area contributed by atoms with E-state index >= 15 is 0 Å². The van der Waals surface area contributed by atoms with E-state index in [2.05, 4.69) is 86.3 Å². The molecule has 0 spiro atoms. The molecule has 25 heavy (non-hydrogen) atoms. The third kappa shape index (κ3) is 4.54. The van der Waals surface area contributed by atoms with E-state index in [9.17, 15) is 0 Å². The Balaban J connectivity index is 2.10. The summed E-state index contributed by atoms with van der Waals surface area (Å²) in [6.45, 7) is 6.17. The highest BCUT2D eigenvalue weighted by Crippen LogP contribution is 2.26. The summed E-state index contributed by atoms with van der Waals surface area (Å²) in [4.78, 5) is 5.18. The molecular formula is C24H23N. The Morgan fingerprint density at radius 3 is 1.64 bits per heavy atom. The van der Waals surface area contributed by atoms with Gasteiger partial charge in [0.05, 0.1) is 11.8 Å². The first-order chi connectivity index (χ1) is 12.2. The van der Waals surface area contributed by atoms with E-state index in [0.29, 0.717) is 0 Å². The third-order valence-electron chi connectivity index (χ3n) is 4.11. The molecular weight excluding hydrogens is 302 g/mol. The standard InChI is InChI=1S/C24H23N/c1-19(2)18-23(20-12-6-3-7-13-20)25-24(21-14-8-4-9-15-21)22-16-10-5-11-17-22/h3-17,23H,1,18H2,2H3/t23-/m0/s1. The maximum Gasteiger partial charge on any atom is 0.0793 e. The molecule has 0 bridgehead atoms. The first-order valence-electron chi connectivity index (χ1n) is 8.62. The summed E-state index contributed by atoms with van der Waals surface area (Å²) >= 11 is 0. The molecule has 3 rings (SSSR count). The van der Waals surface area contributed by atoms with Crippen LogP contribution in [0, 0.1) is 0 Å². The molecule has 0 N–H and O–H groups in total. The van der Waals surface area contributed by atoms with E-state index in [1.54, 1.807) is 0 Å². The second kappa shape index (κ2) is 8.25. The molecule has 0 heterocycles. The minimum atomic E-state index is 0.0640. The summed E-state index contributed by atoms with van der Waals surface area (Å²) in [5.41, 5.74) is 5.65. The lowest BCUT2D eigenvalue weighted by Gasteiger charge is -2.17. The average Bonchev–Trinajstić information content (AvgIpc) is 2.67. The molecule has 0 radical (unpaired) electrons. The molecule has 0 amide bonds. The highest BCUT2D eigenvalue weighted by Gasteiger charge is 2.14. The summed E-state index contributed by atoms with van der Waals surface area (Å²) in [6, 6.07) is 31.3. The Morgan fingerprint density at radius 1 is 0.760 bits per heavy atom. The van der Waals surface area contributed by atoms with Crippen LogP contribution in [-0.4, -0.2) is 5.71 Å². The van der Waals surface area contributed by atoms with Gasteiger partial charge in [-0.3, -0.25) is 4.99 Å². The van der Waals surface area contributed by atoms with Crippen molar-refractivity contribution < 1.29 is 0 Å². The zero-order valence-corrected chi connectivity index (χ0v) is 14.6. The lowest BCUT2D eigenvalue weighted by molar-refractivity contribution is 0.720. The van der Waals surface area contributed by atoms with Gasteiger partial charge in [-0.1, -0.05) is 96.6 Å². The van der Waals surface area contributed by atoms with Gasteiger partial charge in [0.1, 0.15) is 0 Å². The van der Waals surface area contributed by atoms with Crippen LogP contribution < -0.4 is 0 Å². The quantitative estimate of drug-likeness (QED) is 0.376. The molecule has 0 aliphatic carbocycles. The summed E-state index contributed by atoms with van der Waals surface area (Å²) < 4.78 is 0. The Labute approximate surface area is 150 Å². The van der Waals surface area contributed by atoms with E-state index in [-0.39, 0.29) is 6.04 Å². The Bertz CT molecular complexity index is 792. The van der Waals surface area contributed by atoms with Gasteiger partial charge in [0.2, 0.25) is 0 Å². The van der Waals surface area contributed by atoms with Crippen molar-refractivity contribution in [3.63, 3.8) is 0 Å². The topological polar surface area (TPSA) is 12.4 Å². The molecule has 3 aromatic carbocycles. The minimum absolute atomic E-state index is 0.0640. The van der Waals surface area contributed by atoms with Crippen LogP contribution in [0.4, 0.5) is 0 Å². The van der Waals surface area contributed by atoms with Crippen molar-refractivity contribution in [1.29, 1.82) is 0 Å². The van der Waals surface area contributed by atoms with Crippen molar-refractivity contribution >= 4 is 5.71 Å². The third-order valence-corrected chi connectivity index (χ3v) is 4.11. The van der Waals surface area contributed by atoms with Crippen molar-refractivity contribution in [2.24, 2.45) is 4.99 Å². The van der Waals surface area contributed by atoms with Gasteiger partial charge in [-0.25, -0.2) is 0 Å². The SMILES string of the molecule is C=C(C)C[C@H](N=C(c1ccccc1)c1ccccc1)c1ccccc1. The fraction of sp³-hybridized carbons (Fsp3) is 0.125. The fourth-order valence-corrected chi connectivity index (χ4v) is 2.91. The van der Waals surface area contributed by atoms with Crippen LogP contribution in [0.15, 0.2) is 108 Å². The zero-order chi connectivity index (χ0) is 17.5. The Morgan fingerprint density at radius 2 is 1.20 bits per heavy atom.